The topological polar surface area (TPSA) is 128 Å². The predicted octanol–water partition coefficient (Wildman–Crippen LogP) is 6.05. The van der Waals surface area contributed by atoms with Gasteiger partial charge in [0.15, 0.2) is 16.7 Å². The molecule has 3 aromatic heterocycles. The summed E-state index contributed by atoms with van der Waals surface area (Å²) in [5.74, 6) is -1.30. The number of carbonyl (C=O) groups excluding carboxylic acids is 3. The number of anilines is 1. The first-order chi connectivity index (χ1) is 21.1. The number of rotatable bonds is 10. The van der Waals surface area contributed by atoms with Crippen molar-refractivity contribution < 1.29 is 36.7 Å². The number of hydrogen-bond acceptors (Lipinski definition) is 9. The van der Waals surface area contributed by atoms with E-state index in [-0.39, 0.29) is 35.6 Å². The van der Waals surface area contributed by atoms with Gasteiger partial charge in [0.05, 0.1) is 41.5 Å². The summed E-state index contributed by atoms with van der Waals surface area (Å²) < 4.78 is 52.4. The van der Waals surface area contributed by atoms with Gasteiger partial charge in [-0.2, -0.15) is 13.2 Å². The number of aromatic nitrogens is 3. The number of benzene rings is 1. The summed E-state index contributed by atoms with van der Waals surface area (Å²) in [5, 5.41) is 13.5. The molecule has 0 saturated carbocycles. The van der Waals surface area contributed by atoms with E-state index in [2.05, 4.69) is 20.8 Å². The molecular formula is C29H28F3N5O5S2. The number of alkyl halides is 3. The zero-order valence-corrected chi connectivity index (χ0v) is 25.3. The van der Waals surface area contributed by atoms with Gasteiger partial charge in [0.1, 0.15) is 5.00 Å². The Balaban J connectivity index is 1.41. The zero-order chi connectivity index (χ0) is 31.4. The Morgan fingerprint density at radius 1 is 1.16 bits per heavy atom. The number of aryl methyl sites for hydroxylation is 1. The first-order valence-electron chi connectivity index (χ1n) is 13.8. The van der Waals surface area contributed by atoms with Gasteiger partial charge in [-0.15, -0.1) is 21.5 Å². The van der Waals surface area contributed by atoms with E-state index in [9.17, 15) is 27.6 Å². The second-order valence-electron chi connectivity index (χ2n) is 9.83. The molecule has 1 atom stereocenters. The number of fused-ring (bicyclic) bond motifs is 1. The number of halogens is 3. The SMILES string of the molecule is CCOC(=O)c1c(NC(=O)[C@H](C)Sc2nnc(CNC(=O)c3ccco3)n2-c2cccc(C(F)(F)F)c2)sc2c1CCCC2. The van der Waals surface area contributed by atoms with Gasteiger partial charge in [-0.3, -0.25) is 14.2 Å². The fourth-order valence-electron chi connectivity index (χ4n) is 4.72. The van der Waals surface area contributed by atoms with Crippen LogP contribution in [0.2, 0.25) is 0 Å². The molecule has 15 heteroatoms. The summed E-state index contributed by atoms with van der Waals surface area (Å²) >= 11 is 2.33. The molecule has 1 aliphatic carbocycles. The molecule has 0 spiro atoms. The molecule has 3 heterocycles. The molecule has 0 bridgehead atoms. The smallest absolute Gasteiger partial charge is 0.416 e. The zero-order valence-electron chi connectivity index (χ0n) is 23.7. The van der Waals surface area contributed by atoms with Gasteiger partial charge in [0.25, 0.3) is 5.91 Å². The van der Waals surface area contributed by atoms with Crippen LogP contribution in [0.5, 0.6) is 0 Å². The second kappa shape index (κ2) is 13.3. The Hall–Kier alpha value is -4.11. The Morgan fingerprint density at radius 3 is 2.68 bits per heavy atom. The Morgan fingerprint density at radius 2 is 1.95 bits per heavy atom. The molecule has 2 N–H and O–H groups in total. The van der Waals surface area contributed by atoms with Crippen LogP contribution in [0.4, 0.5) is 18.2 Å². The van der Waals surface area contributed by atoms with Crippen LogP contribution in [-0.4, -0.2) is 44.4 Å². The van der Waals surface area contributed by atoms with E-state index in [1.54, 1.807) is 19.9 Å². The Labute approximate surface area is 258 Å². The fourth-order valence-corrected chi connectivity index (χ4v) is 6.89. The summed E-state index contributed by atoms with van der Waals surface area (Å²) in [7, 11) is 0. The summed E-state index contributed by atoms with van der Waals surface area (Å²) in [6.07, 6.45) is 0.193. The van der Waals surface area contributed by atoms with E-state index in [1.165, 1.54) is 40.4 Å². The molecule has 10 nitrogen and oxygen atoms in total. The maximum Gasteiger partial charge on any atom is 0.416 e. The lowest BCUT2D eigenvalue weighted by molar-refractivity contribution is -0.137. The summed E-state index contributed by atoms with van der Waals surface area (Å²) in [6.45, 7) is 3.33. The van der Waals surface area contributed by atoms with Crippen molar-refractivity contribution in [3.63, 3.8) is 0 Å². The first-order valence-corrected chi connectivity index (χ1v) is 15.5. The van der Waals surface area contributed by atoms with Gasteiger partial charge in [-0.05, 0) is 75.4 Å². The number of thioether (sulfide) groups is 1. The van der Waals surface area contributed by atoms with Gasteiger partial charge in [-0.25, -0.2) is 4.79 Å². The second-order valence-corrected chi connectivity index (χ2v) is 12.2. The number of carbonyl (C=O) groups is 3. The van der Waals surface area contributed by atoms with E-state index in [1.807, 2.05) is 0 Å². The average Bonchev–Trinajstić information content (AvgIpc) is 3.74. The molecule has 0 aliphatic heterocycles. The van der Waals surface area contributed by atoms with Crippen LogP contribution in [0.3, 0.4) is 0 Å². The number of hydrogen-bond donors (Lipinski definition) is 2. The van der Waals surface area contributed by atoms with Crippen LogP contribution in [0.25, 0.3) is 5.69 Å². The van der Waals surface area contributed by atoms with Gasteiger partial charge in [-0.1, -0.05) is 17.8 Å². The molecule has 1 aromatic carbocycles. The monoisotopic (exact) mass is 647 g/mol. The minimum absolute atomic E-state index is 0.0486. The van der Waals surface area contributed by atoms with E-state index < -0.39 is 34.8 Å². The minimum Gasteiger partial charge on any atom is -0.462 e. The fraction of sp³-hybridized carbons (Fsp3) is 0.345. The number of ether oxygens (including phenoxy) is 1. The van der Waals surface area contributed by atoms with Crippen molar-refractivity contribution in [3.05, 3.63) is 75.8 Å². The third-order valence-electron chi connectivity index (χ3n) is 6.82. The van der Waals surface area contributed by atoms with Crippen LogP contribution in [0.1, 0.15) is 69.4 Å². The van der Waals surface area contributed by atoms with Crippen LogP contribution in [0.15, 0.2) is 52.2 Å². The van der Waals surface area contributed by atoms with Crippen molar-refractivity contribution in [2.24, 2.45) is 0 Å². The molecule has 4 aromatic rings. The molecule has 2 amide bonds. The van der Waals surface area contributed by atoms with Crippen LogP contribution in [-0.2, 0) is 35.1 Å². The Bertz CT molecular complexity index is 1670. The Kier molecular flexibility index (Phi) is 9.44. The quantitative estimate of drug-likeness (QED) is 0.157. The van der Waals surface area contributed by atoms with Gasteiger partial charge < -0.3 is 19.8 Å². The highest BCUT2D eigenvalue weighted by Gasteiger charge is 2.32. The van der Waals surface area contributed by atoms with E-state index in [0.29, 0.717) is 10.6 Å². The highest BCUT2D eigenvalue weighted by Crippen LogP contribution is 2.39. The number of nitrogens with one attached hydrogen (secondary N) is 2. The number of esters is 1. The number of amides is 2. The lowest BCUT2D eigenvalue weighted by atomic mass is 9.95. The summed E-state index contributed by atoms with van der Waals surface area (Å²) in [5.41, 5.74) is 0.488. The maximum atomic E-state index is 13.6. The highest BCUT2D eigenvalue weighted by molar-refractivity contribution is 8.00. The maximum absolute atomic E-state index is 13.6. The van der Waals surface area contributed by atoms with Crippen LogP contribution < -0.4 is 10.6 Å². The van der Waals surface area contributed by atoms with Crippen molar-refractivity contribution in [1.82, 2.24) is 20.1 Å². The number of nitrogens with zero attached hydrogens (tertiary/aromatic N) is 3. The number of furan rings is 1. The standard InChI is InChI=1S/C29H28F3N5O5S2/c1-3-41-27(40)23-19-10-4-5-12-21(19)44-26(23)34-24(38)16(2)43-28-36-35-22(15-33-25(39)20-11-7-13-42-20)37(28)18-9-6-8-17(14-18)29(30,31)32/h6-9,11,13-14,16H,3-5,10,12,15H2,1-2H3,(H,33,39)(H,34,38)/t16-/m0/s1. The molecule has 0 fully saturated rings. The molecule has 0 saturated heterocycles. The van der Waals surface area contributed by atoms with E-state index >= 15 is 0 Å². The summed E-state index contributed by atoms with van der Waals surface area (Å²) in [4.78, 5) is 39.7. The third kappa shape index (κ3) is 6.83. The largest absolute Gasteiger partial charge is 0.462 e. The lowest BCUT2D eigenvalue weighted by Crippen LogP contribution is -2.25. The molecular weight excluding hydrogens is 619 g/mol. The molecule has 0 unspecified atom stereocenters. The minimum atomic E-state index is -4.60. The van der Waals surface area contributed by atoms with Crippen molar-refractivity contribution >= 4 is 45.9 Å². The average molecular weight is 648 g/mol. The van der Waals surface area contributed by atoms with E-state index in [0.717, 1.165) is 60.0 Å². The number of thiophene rings is 1. The van der Waals surface area contributed by atoms with E-state index in [4.69, 9.17) is 9.15 Å². The van der Waals surface area contributed by atoms with Gasteiger partial charge in [0.2, 0.25) is 5.91 Å². The predicted molar refractivity (Wildman–Crippen MR) is 157 cm³/mol. The first kappa shape index (κ1) is 31.3. The normalized spacial score (nSPS) is 13.7. The van der Waals surface area contributed by atoms with Crippen molar-refractivity contribution in [2.45, 2.75) is 62.7 Å². The molecule has 0 radical (unpaired) electrons. The molecule has 44 heavy (non-hydrogen) atoms. The highest BCUT2D eigenvalue weighted by atomic mass is 32.2. The molecule has 5 rings (SSSR count). The van der Waals surface area contributed by atoms with Gasteiger partial charge >= 0.3 is 12.1 Å². The third-order valence-corrected chi connectivity index (χ3v) is 9.07. The summed E-state index contributed by atoms with van der Waals surface area (Å²) in [6, 6.07) is 7.60. The van der Waals surface area contributed by atoms with Gasteiger partial charge in [0, 0.05) is 4.88 Å². The lowest BCUT2D eigenvalue weighted by Gasteiger charge is -2.15. The van der Waals surface area contributed by atoms with Crippen LogP contribution >= 0.6 is 23.1 Å². The molecule has 1 aliphatic rings. The van der Waals surface area contributed by atoms with Crippen molar-refractivity contribution in [2.75, 3.05) is 11.9 Å². The molecule has 232 valence electrons. The van der Waals surface area contributed by atoms with Crippen molar-refractivity contribution in [3.8, 4) is 5.69 Å². The van der Waals surface area contributed by atoms with Crippen molar-refractivity contribution in [1.29, 1.82) is 0 Å². The van der Waals surface area contributed by atoms with Crippen LogP contribution in [0, 0.1) is 0 Å².